The number of carbonyl (C=O) groups is 1. The highest BCUT2D eigenvalue weighted by atomic mass is 32.2. The molecule has 21 heavy (non-hydrogen) atoms. The Kier molecular flexibility index (Phi) is 6.97. The van der Waals surface area contributed by atoms with Crippen molar-refractivity contribution in [3.63, 3.8) is 0 Å². The number of sulfone groups is 1. The summed E-state index contributed by atoms with van der Waals surface area (Å²) < 4.78 is 22.3. The van der Waals surface area contributed by atoms with Crippen LogP contribution < -0.4 is 10.6 Å². The molecule has 1 aliphatic rings. The Hall–Kier alpha value is -0.780. The minimum atomic E-state index is -2.97. The molecule has 0 aliphatic heterocycles. The zero-order valence-corrected chi connectivity index (χ0v) is 14.5. The first-order valence-corrected chi connectivity index (χ1v) is 10.00. The highest BCUT2D eigenvalue weighted by molar-refractivity contribution is 7.90. The Labute approximate surface area is 129 Å². The summed E-state index contributed by atoms with van der Waals surface area (Å²) in [7, 11) is -2.97. The van der Waals surface area contributed by atoms with Crippen molar-refractivity contribution >= 4 is 15.9 Å². The maximum Gasteiger partial charge on any atom is 0.315 e. The molecule has 0 unspecified atom stereocenters. The lowest BCUT2D eigenvalue weighted by Gasteiger charge is -2.35. The maximum atomic E-state index is 12.0. The summed E-state index contributed by atoms with van der Waals surface area (Å²) >= 11 is 0. The van der Waals surface area contributed by atoms with Crippen molar-refractivity contribution < 1.29 is 13.2 Å². The molecule has 0 heterocycles. The van der Waals surface area contributed by atoms with E-state index in [1.54, 1.807) is 0 Å². The van der Waals surface area contributed by atoms with Crippen molar-refractivity contribution in [2.75, 3.05) is 12.0 Å². The van der Waals surface area contributed by atoms with E-state index in [2.05, 4.69) is 24.5 Å². The molecule has 1 rings (SSSR count). The van der Waals surface area contributed by atoms with E-state index in [0.717, 1.165) is 12.8 Å². The van der Waals surface area contributed by atoms with Gasteiger partial charge < -0.3 is 10.6 Å². The lowest BCUT2D eigenvalue weighted by atomic mass is 9.78. The molecule has 2 N–H and O–H groups in total. The fourth-order valence-corrected chi connectivity index (χ4v) is 3.82. The van der Waals surface area contributed by atoms with Gasteiger partial charge in [-0.15, -0.1) is 0 Å². The summed E-state index contributed by atoms with van der Waals surface area (Å²) in [5.41, 5.74) is 0. The zero-order valence-electron chi connectivity index (χ0n) is 13.7. The van der Waals surface area contributed by atoms with Gasteiger partial charge in [0, 0.05) is 18.3 Å². The number of hydrogen-bond acceptors (Lipinski definition) is 3. The molecule has 5 nitrogen and oxygen atoms in total. The van der Waals surface area contributed by atoms with Gasteiger partial charge in [0.05, 0.1) is 5.75 Å². The number of carbonyl (C=O) groups excluding carboxylic acids is 1. The molecule has 0 bridgehead atoms. The van der Waals surface area contributed by atoms with Crippen molar-refractivity contribution in [1.29, 1.82) is 0 Å². The van der Waals surface area contributed by atoms with Gasteiger partial charge in [0.1, 0.15) is 9.84 Å². The number of hydrogen-bond donors (Lipinski definition) is 2. The Morgan fingerprint density at radius 3 is 2.38 bits per heavy atom. The summed E-state index contributed by atoms with van der Waals surface area (Å²) in [4.78, 5) is 12.0. The van der Waals surface area contributed by atoms with Gasteiger partial charge in [0.25, 0.3) is 0 Å². The first-order chi connectivity index (χ1) is 9.69. The van der Waals surface area contributed by atoms with E-state index in [4.69, 9.17) is 0 Å². The molecule has 1 aliphatic carbocycles. The molecule has 0 saturated heterocycles. The van der Waals surface area contributed by atoms with Crippen molar-refractivity contribution in [1.82, 2.24) is 10.6 Å². The van der Waals surface area contributed by atoms with Gasteiger partial charge in [-0.25, -0.2) is 13.2 Å². The number of nitrogens with one attached hydrogen (secondary N) is 2. The molecule has 0 aromatic carbocycles. The summed E-state index contributed by atoms with van der Waals surface area (Å²) in [5.74, 6) is 1.21. The zero-order chi connectivity index (χ0) is 16.0. The average molecular weight is 318 g/mol. The molecule has 1 fully saturated rings. The first-order valence-electron chi connectivity index (χ1n) is 7.94. The third kappa shape index (κ3) is 7.16. The minimum Gasteiger partial charge on any atom is -0.336 e. The molecular weight excluding hydrogens is 288 g/mol. The van der Waals surface area contributed by atoms with E-state index in [9.17, 15) is 13.2 Å². The third-order valence-electron chi connectivity index (χ3n) is 4.29. The van der Waals surface area contributed by atoms with Gasteiger partial charge in [-0.1, -0.05) is 26.7 Å². The molecule has 3 atom stereocenters. The van der Waals surface area contributed by atoms with Crippen LogP contribution in [0.4, 0.5) is 4.79 Å². The standard InChI is InChI=1S/C15H30N2O3S/c1-11(2)13-7-5-6-8-14(13)17-15(18)16-12(3)9-10-21(4,19)20/h11-14H,5-10H2,1-4H3,(H2,16,17,18)/t12-,13-,14+/m1/s1. The minimum absolute atomic E-state index is 0.104. The van der Waals surface area contributed by atoms with Gasteiger partial charge in [-0.2, -0.15) is 0 Å². The van der Waals surface area contributed by atoms with Crippen LogP contribution in [-0.2, 0) is 9.84 Å². The average Bonchev–Trinajstić information content (AvgIpc) is 2.35. The Morgan fingerprint density at radius 2 is 1.81 bits per heavy atom. The summed E-state index contributed by atoms with van der Waals surface area (Å²) in [5, 5.41) is 5.92. The van der Waals surface area contributed by atoms with Crippen LogP contribution in [0.1, 0.15) is 52.9 Å². The van der Waals surface area contributed by atoms with Gasteiger partial charge in [0.15, 0.2) is 0 Å². The highest BCUT2D eigenvalue weighted by Crippen LogP contribution is 2.30. The normalized spacial score (nSPS) is 24.6. The van der Waals surface area contributed by atoms with E-state index < -0.39 is 9.84 Å². The first kappa shape index (κ1) is 18.3. The fourth-order valence-electron chi connectivity index (χ4n) is 3.03. The molecule has 0 aromatic heterocycles. The van der Waals surface area contributed by atoms with Crippen LogP contribution in [0, 0.1) is 11.8 Å². The van der Waals surface area contributed by atoms with E-state index in [-0.39, 0.29) is 23.9 Å². The predicted molar refractivity (Wildman–Crippen MR) is 86.0 cm³/mol. The molecule has 1 saturated carbocycles. The van der Waals surface area contributed by atoms with Crippen LogP contribution in [-0.4, -0.2) is 38.5 Å². The second-order valence-corrected chi connectivity index (χ2v) is 9.00. The molecule has 0 aromatic rings. The Balaban J connectivity index is 2.41. The molecule has 2 amide bonds. The van der Waals surface area contributed by atoms with Crippen LogP contribution in [0.2, 0.25) is 0 Å². The lowest BCUT2D eigenvalue weighted by Crippen LogP contribution is -2.50. The van der Waals surface area contributed by atoms with Crippen molar-refractivity contribution in [3.05, 3.63) is 0 Å². The van der Waals surface area contributed by atoms with Crippen LogP contribution >= 0.6 is 0 Å². The van der Waals surface area contributed by atoms with E-state index in [1.807, 2.05) is 6.92 Å². The fraction of sp³-hybridized carbons (Fsp3) is 0.933. The van der Waals surface area contributed by atoms with Crippen LogP contribution in [0.3, 0.4) is 0 Å². The molecule has 0 spiro atoms. The van der Waals surface area contributed by atoms with Crippen molar-refractivity contribution in [2.24, 2.45) is 11.8 Å². The van der Waals surface area contributed by atoms with Crippen molar-refractivity contribution in [3.8, 4) is 0 Å². The summed E-state index contributed by atoms with van der Waals surface area (Å²) in [6.07, 6.45) is 6.28. The molecule has 0 radical (unpaired) electrons. The van der Waals surface area contributed by atoms with Crippen LogP contribution in [0.5, 0.6) is 0 Å². The van der Waals surface area contributed by atoms with Gasteiger partial charge in [-0.05, 0) is 38.0 Å². The van der Waals surface area contributed by atoms with Gasteiger partial charge in [0.2, 0.25) is 0 Å². The monoisotopic (exact) mass is 318 g/mol. The SMILES string of the molecule is CC(C)[C@H]1CCCC[C@@H]1NC(=O)N[C@H](C)CCS(C)(=O)=O. The number of urea groups is 1. The lowest BCUT2D eigenvalue weighted by molar-refractivity contribution is 0.192. The van der Waals surface area contributed by atoms with E-state index >= 15 is 0 Å². The van der Waals surface area contributed by atoms with Gasteiger partial charge >= 0.3 is 6.03 Å². The van der Waals surface area contributed by atoms with Gasteiger partial charge in [-0.3, -0.25) is 0 Å². The largest absolute Gasteiger partial charge is 0.336 e. The summed E-state index contributed by atoms with van der Waals surface area (Å²) in [6, 6.07) is -0.0739. The Morgan fingerprint density at radius 1 is 1.19 bits per heavy atom. The second-order valence-electron chi connectivity index (χ2n) is 6.74. The maximum absolute atomic E-state index is 12.0. The molecule has 6 heteroatoms. The Bertz CT molecular complexity index is 434. The molecular formula is C15H30N2O3S. The van der Waals surface area contributed by atoms with E-state index in [0.29, 0.717) is 18.3 Å². The van der Waals surface area contributed by atoms with Crippen LogP contribution in [0.25, 0.3) is 0 Å². The quantitative estimate of drug-likeness (QED) is 0.789. The number of rotatable bonds is 6. The van der Waals surface area contributed by atoms with E-state index in [1.165, 1.54) is 19.1 Å². The molecule has 124 valence electrons. The van der Waals surface area contributed by atoms with Crippen LogP contribution in [0.15, 0.2) is 0 Å². The van der Waals surface area contributed by atoms with Crippen molar-refractivity contribution in [2.45, 2.75) is 65.0 Å². The smallest absolute Gasteiger partial charge is 0.315 e. The summed E-state index contributed by atoms with van der Waals surface area (Å²) in [6.45, 7) is 6.25. The number of amides is 2. The topological polar surface area (TPSA) is 75.3 Å². The predicted octanol–water partition coefficient (Wildman–Crippen LogP) is 2.32. The third-order valence-corrected chi connectivity index (χ3v) is 5.27. The highest BCUT2D eigenvalue weighted by Gasteiger charge is 2.28. The second kappa shape index (κ2) is 8.01.